The summed E-state index contributed by atoms with van der Waals surface area (Å²) in [5, 5.41) is 13.6. The minimum absolute atomic E-state index is 0.400. The van der Waals surface area contributed by atoms with Gasteiger partial charge in [0, 0.05) is 45.4 Å². The van der Waals surface area contributed by atoms with Gasteiger partial charge in [-0.05, 0) is 56.8 Å². The first-order chi connectivity index (χ1) is 13.2. The molecule has 0 aromatic rings. The Morgan fingerprint density at radius 2 is 1.96 bits per heavy atom. The van der Waals surface area contributed by atoms with E-state index in [0.29, 0.717) is 13.2 Å². The highest BCUT2D eigenvalue weighted by Gasteiger charge is 2.42. The zero-order valence-electron chi connectivity index (χ0n) is 17.0. The van der Waals surface area contributed by atoms with Crippen LogP contribution in [0.15, 0.2) is 4.99 Å². The first-order valence-corrected chi connectivity index (χ1v) is 11.3. The molecule has 0 aromatic carbocycles. The number of rotatable bonds is 8. The molecular weight excluding hydrogens is 340 g/mol. The van der Waals surface area contributed by atoms with Crippen molar-refractivity contribution in [3.8, 4) is 0 Å². The van der Waals surface area contributed by atoms with E-state index >= 15 is 0 Å². The minimum atomic E-state index is -0.507. The van der Waals surface area contributed by atoms with Crippen LogP contribution in [0.25, 0.3) is 0 Å². The molecule has 0 radical (unpaired) electrons. The predicted molar refractivity (Wildman–Crippen MR) is 108 cm³/mol. The number of fused-ring (bicyclic) bond motifs is 2. The number of hydrogen-bond acceptors (Lipinski definition) is 4. The molecule has 3 saturated carbocycles. The molecule has 4 unspecified atom stereocenters. The van der Waals surface area contributed by atoms with E-state index in [9.17, 15) is 5.11 Å². The van der Waals surface area contributed by atoms with E-state index in [-0.39, 0.29) is 0 Å². The first kappa shape index (κ1) is 19.5. The number of hydrogen-bond donors (Lipinski definition) is 2. The zero-order valence-corrected chi connectivity index (χ0v) is 17.0. The molecule has 1 saturated heterocycles. The number of nitrogens with zero attached hydrogens (tertiary/aromatic N) is 3. The topological polar surface area (TPSA) is 60.3 Å². The predicted octanol–water partition coefficient (Wildman–Crippen LogP) is 1.55. The zero-order chi connectivity index (χ0) is 18.6. The number of aliphatic hydroxyl groups is 1. The molecule has 4 aliphatic rings. The maximum absolute atomic E-state index is 10.2. The van der Waals surface area contributed by atoms with Gasteiger partial charge in [0.25, 0.3) is 0 Å². The van der Waals surface area contributed by atoms with E-state index < -0.39 is 6.10 Å². The fourth-order valence-corrected chi connectivity index (χ4v) is 5.25. The quantitative estimate of drug-likeness (QED) is 0.496. The second kappa shape index (κ2) is 9.10. The third-order valence-electron chi connectivity index (χ3n) is 6.93. The molecule has 3 aliphatic carbocycles. The molecule has 154 valence electrons. The highest BCUT2D eigenvalue weighted by Crippen LogP contribution is 2.46. The van der Waals surface area contributed by atoms with Gasteiger partial charge in [-0.2, -0.15) is 0 Å². The van der Waals surface area contributed by atoms with Crippen molar-refractivity contribution in [3.63, 3.8) is 0 Å². The Morgan fingerprint density at radius 1 is 1.15 bits per heavy atom. The highest BCUT2D eigenvalue weighted by molar-refractivity contribution is 5.80. The van der Waals surface area contributed by atoms with Crippen molar-refractivity contribution in [2.75, 3.05) is 52.5 Å². The highest BCUT2D eigenvalue weighted by atomic mass is 16.5. The van der Waals surface area contributed by atoms with Gasteiger partial charge in [-0.1, -0.05) is 6.42 Å². The van der Waals surface area contributed by atoms with Crippen LogP contribution >= 0.6 is 0 Å². The number of aliphatic imine (C=N–C) groups is 1. The van der Waals surface area contributed by atoms with Crippen LogP contribution in [0.5, 0.6) is 0 Å². The lowest BCUT2D eigenvalue weighted by Crippen LogP contribution is -2.55. The number of piperazine rings is 1. The van der Waals surface area contributed by atoms with Gasteiger partial charge in [-0.25, -0.2) is 0 Å². The lowest BCUT2D eigenvalue weighted by molar-refractivity contribution is 0.0366. The van der Waals surface area contributed by atoms with E-state index in [4.69, 9.17) is 9.73 Å². The van der Waals surface area contributed by atoms with Crippen LogP contribution in [0.4, 0.5) is 0 Å². The average molecular weight is 379 g/mol. The minimum Gasteiger partial charge on any atom is -0.389 e. The van der Waals surface area contributed by atoms with Crippen LogP contribution in [0, 0.1) is 17.8 Å². The van der Waals surface area contributed by atoms with Crippen molar-refractivity contribution in [1.29, 1.82) is 0 Å². The Morgan fingerprint density at radius 3 is 2.59 bits per heavy atom. The second-order valence-electron chi connectivity index (χ2n) is 9.09. The standard InChI is InChI=1S/C21H38N4O2/c1-2-22-21(23-13-19(26)15-27-14-16-3-4-16)25-9-7-24(8-10-25)20-12-17-5-6-18(20)11-17/h16-20,26H,2-15H2,1H3,(H,22,23). The molecule has 1 aliphatic heterocycles. The van der Waals surface area contributed by atoms with Crippen molar-refractivity contribution >= 4 is 5.96 Å². The summed E-state index contributed by atoms with van der Waals surface area (Å²) in [7, 11) is 0. The van der Waals surface area contributed by atoms with Crippen LogP contribution < -0.4 is 5.32 Å². The summed E-state index contributed by atoms with van der Waals surface area (Å²) in [6.07, 6.45) is 7.92. The van der Waals surface area contributed by atoms with Gasteiger partial charge < -0.3 is 20.1 Å². The fourth-order valence-electron chi connectivity index (χ4n) is 5.25. The van der Waals surface area contributed by atoms with Crippen LogP contribution in [0.1, 0.15) is 45.4 Å². The molecule has 4 fully saturated rings. The summed E-state index contributed by atoms with van der Waals surface area (Å²) >= 11 is 0. The van der Waals surface area contributed by atoms with E-state index in [2.05, 4.69) is 22.0 Å². The largest absolute Gasteiger partial charge is 0.389 e. The summed E-state index contributed by atoms with van der Waals surface area (Å²) < 4.78 is 5.59. The molecule has 2 N–H and O–H groups in total. The molecule has 6 heteroatoms. The molecular formula is C21H38N4O2. The Labute approximate surface area is 164 Å². The summed E-state index contributed by atoms with van der Waals surface area (Å²) in [6.45, 7) is 8.94. The molecule has 0 aromatic heterocycles. The smallest absolute Gasteiger partial charge is 0.194 e. The Hall–Kier alpha value is -0.850. The summed E-state index contributed by atoms with van der Waals surface area (Å²) in [5.41, 5.74) is 0. The van der Waals surface area contributed by atoms with Gasteiger partial charge >= 0.3 is 0 Å². The van der Waals surface area contributed by atoms with E-state index in [1.807, 2.05) is 0 Å². The molecule has 0 spiro atoms. The summed E-state index contributed by atoms with van der Waals surface area (Å²) in [5.74, 6) is 3.67. The molecule has 27 heavy (non-hydrogen) atoms. The second-order valence-corrected chi connectivity index (χ2v) is 9.09. The Bertz CT molecular complexity index is 502. The molecule has 1 heterocycles. The molecule has 2 bridgehead atoms. The van der Waals surface area contributed by atoms with Crippen LogP contribution in [-0.4, -0.2) is 85.5 Å². The lowest BCUT2D eigenvalue weighted by Gasteiger charge is -2.42. The van der Waals surface area contributed by atoms with Gasteiger partial charge in [0.2, 0.25) is 0 Å². The van der Waals surface area contributed by atoms with Crippen molar-refractivity contribution in [2.45, 2.75) is 57.6 Å². The third kappa shape index (κ3) is 5.15. The number of ether oxygens (including phenoxy) is 1. The van der Waals surface area contributed by atoms with Gasteiger partial charge in [0.1, 0.15) is 0 Å². The number of guanidine groups is 1. The first-order valence-electron chi connectivity index (χ1n) is 11.3. The maximum atomic E-state index is 10.2. The van der Waals surface area contributed by atoms with Crippen molar-refractivity contribution in [1.82, 2.24) is 15.1 Å². The molecule has 0 amide bonds. The maximum Gasteiger partial charge on any atom is 0.194 e. The van der Waals surface area contributed by atoms with Gasteiger partial charge in [-0.15, -0.1) is 0 Å². The van der Waals surface area contributed by atoms with Crippen LogP contribution in [0.2, 0.25) is 0 Å². The van der Waals surface area contributed by atoms with Gasteiger partial charge in [0.05, 0.1) is 19.3 Å². The lowest BCUT2D eigenvalue weighted by atomic mass is 9.93. The third-order valence-corrected chi connectivity index (χ3v) is 6.93. The number of nitrogens with one attached hydrogen (secondary N) is 1. The van der Waals surface area contributed by atoms with Crippen molar-refractivity contribution in [2.24, 2.45) is 22.7 Å². The number of aliphatic hydroxyl groups excluding tert-OH is 1. The Kier molecular flexibility index (Phi) is 6.56. The molecule has 4 rings (SSSR count). The van der Waals surface area contributed by atoms with Crippen LogP contribution in [-0.2, 0) is 4.74 Å². The normalized spacial score (nSPS) is 32.9. The van der Waals surface area contributed by atoms with Crippen LogP contribution in [0.3, 0.4) is 0 Å². The van der Waals surface area contributed by atoms with Crippen molar-refractivity contribution < 1.29 is 9.84 Å². The van der Waals surface area contributed by atoms with Gasteiger partial charge in [0.15, 0.2) is 5.96 Å². The summed E-state index contributed by atoms with van der Waals surface area (Å²) in [6, 6.07) is 0.843. The van der Waals surface area contributed by atoms with E-state index in [1.54, 1.807) is 0 Å². The monoisotopic (exact) mass is 378 g/mol. The summed E-state index contributed by atoms with van der Waals surface area (Å²) in [4.78, 5) is 9.80. The molecule has 4 atom stereocenters. The van der Waals surface area contributed by atoms with E-state index in [1.165, 1.54) is 38.5 Å². The molecule has 6 nitrogen and oxygen atoms in total. The van der Waals surface area contributed by atoms with E-state index in [0.717, 1.165) is 69.1 Å². The van der Waals surface area contributed by atoms with Gasteiger partial charge in [-0.3, -0.25) is 9.89 Å². The Balaban J connectivity index is 1.22. The SMILES string of the molecule is CCNC(=NCC(O)COCC1CC1)N1CCN(C2CC3CCC2C3)CC1. The van der Waals surface area contributed by atoms with Crippen molar-refractivity contribution in [3.05, 3.63) is 0 Å². The average Bonchev–Trinajstić information content (AvgIpc) is 3.26. The fraction of sp³-hybridized carbons (Fsp3) is 0.952.